The molecule has 0 aliphatic carbocycles. The molecule has 1 fully saturated rings. The molecule has 1 aliphatic rings. The number of rotatable bonds is 3. The van der Waals surface area contributed by atoms with Gasteiger partial charge in [0.2, 0.25) is 5.82 Å². The minimum atomic E-state index is -0.635. The minimum Gasteiger partial charge on any atom is -0.463 e. The third-order valence-corrected chi connectivity index (χ3v) is 3.16. The summed E-state index contributed by atoms with van der Waals surface area (Å²) in [4.78, 5) is 21.5. The first kappa shape index (κ1) is 12.8. The van der Waals surface area contributed by atoms with Crippen LogP contribution in [0.5, 0.6) is 0 Å². The summed E-state index contributed by atoms with van der Waals surface area (Å²) in [6.45, 7) is 4.80. The Morgan fingerprint density at radius 3 is 2.78 bits per heavy atom. The zero-order valence-corrected chi connectivity index (χ0v) is 10.8. The fourth-order valence-corrected chi connectivity index (χ4v) is 1.95. The van der Waals surface area contributed by atoms with Crippen molar-refractivity contribution in [3.8, 4) is 0 Å². The second-order valence-corrected chi connectivity index (χ2v) is 4.62. The molecule has 0 aromatic carbocycles. The highest BCUT2D eigenvalue weighted by molar-refractivity contribution is 5.85. The van der Waals surface area contributed by atoms with Crippen LogP contribution in [0.4, 0.5) is 5.82 Å². The Labute approximate surface area is 106 Å². The molecule has 0 spiro atoms. The summed E-state index contributed by atoms with van der Waals surface area (Å²) in [7, 11) is 1.30. The van der Waals surface area contributed by atoms with E-state index in [1.165, 1.54) is 7.11 Å². The maximum Gasteiger partial charge on any atom is 0.376 e. The average molecular weight is 251 g/mol. The van der Waals surface area contributed by atoms with Crippen LogP contribution < -0.4 is 4.90 Å². The normalized spacial score (nSPS) is 17.2. The van der Waals surface area contributed by atoms with E-state index in [-0.39, 0.29) is 5.82 Å². The van der Waals surface area contributed by atoms with E-state index in [1.807, 2.05) is 11.8 Å². The van der Waals surface area contributed by atoms with E-state index in [0.717, 1.165) is 0 Å². The van der Waals surface area contributed by atoms with Gasteiger partial charge in [0.1, 0.15) is 5.82 Å². The molecule has 98 valence electrons. The minimum absolute atomic E-state index is 0.0550. The van der Waals surface area contributed by atoms with Crippen molar-refractivity contribution < 1.29 is 14.6 Å². The Balaban J connectivity index is 2.20. The van der Waals surface area contributed by atoms with Crippen LogP contribution in [0.1, 0.15) is 29.7 Å². The highest BCUT2D eigenvalue weighted by Gasteiger charge is 2.40. The third kappa shape index (κ3) is 2.28. The Hall–Kier alpha value is -1.69. The molecule has 1 aliphatic heterocycles. The van der Waals surface area contributed by atoms with E-state index in [1.54, 1.807) is 13.0 Å². The molecular formula is C12H17N3O3. The molecule has 6 heteroatoms. The first-order chi connectivity index (χ1) is 8.47. The molecule has 1 saturated heterocycles. The standard InChI is InChI=1S/C12H17N3O3/c1-4-12(17)6-15(7-12)9-5-8(2)13-10(14-9)11(16)18-3/h5,17H,4,6-7H2,1-3H3. The second-order valence-electron chi connectivity index (χ2n) is 4.62. The largest absolute Gasteiger partial charge is 0.463 e. The maximum absolute atomic E-state index is 11.4. The molecule has 18 heavy (non-hydrogen) atoms. The summed E-state index contributed by atoms with van der Waals surface area (Å²) in [5.74, 6) is 0.159. The summed E-state index contributed by atoms with van der Waals surface area (Å²) in [6, 6.07) is 1.79. The van der Waals surface area contributed by atoms with Crippen LogP contribution in [0.3, 0.4) is 0 Å². The molecule has 1 aromatic heterocycles. The van der Waals surface area contributed by atoms with Crippen LogP contribution in [-0.4, -0.2) is 46.8 Å². The number of aliphatic hydroxyl groups is 1. The molecule has 1 aromatic rings. The number of nitrogens with zero attached hydrogens (tertiary/aromatic N) is 3. The smallest absolute Gasteiger partial charge is 0.376 e. The highest BCUT2D eigenvalue weighted by atomic mass is 16.5. The molecule has 2 rings (SSSR count). The average Bonchev–Trinajstić information content (AvgIpc) is 2.33. The number of β-amino-alcohol motifs (C(OH)–C–C–N with tert-alkyl or cyclic N) is 1. The second kappa shape index (κ2) is 4.53. The SMILES string of the molecule is CCC1(O)CN(c2cc(C)nc(C(=O)OC)n2)C1. The van der Waals surface area contributed by atoms with E-state index in [0.29, 0.717) is 31.0 Å². The van der Waals surface area contributed by atoms with Gasteiger partial charge >= 0.3 is 5.97 Å². The number of ether oxygens (including phenoxy) is 1. The van der Waals surface area contributed by atoms with Gasteiger partial charge in [0.25, 0.3) is 0 Å². The number of aromatic nitrogens is 2. The van der Waals surface area contributed by atoms with Crippen molar-refractivity contribution in [3.63, 3.8) is 0 Å². The van der Waals surface area contributed by atoms with Crippen molar-refractivity contribution in [2.45, 2.75) is 25.9 Å². The molecule has 0 saturated carbocycles. The number of anilines is 1. The van der Waals surface area contributed by atoms with Crippen molar-refractivity contribution >= 4 is 11.8 Å². The molecule has 1 N–H and O–H groups in total. The van der Waals surface area contributed by atoms with Gasteiger partial charge in [-0.3, -0.25) is 0 Å². The summed E-state index contributed by atoms with van der Waals surface area (Å²) in [5, 5.41) is 9.97. The Kier molecular flexibility index (Phi) is 3.21. The van der Waals surface area contributed by atoms with Gasteiger partial charge in [0.15, 0.2) is 0 Å². The molecule has 0 bridgehead atoms. The van der Waals surface area contributed by atoms with E-state index in [2.05, 4.69) is 14.7 Å². The fraction of sp³-hybridized carbons (Fsp3) is 0.583. The zero-order valence-electron chi connectivity index (χ0n) is 10.8. The molecule has 0 amide bonds. The molecular weight excluding hydrogens is 234 g/mol. The van der Waals surface area contributed by atoms with E-state index in [4.69, 9.17) is 0 Å². The Morgan fingerprint density at radius 2 is 2.22 bits per heavy atom. The van der Waals surface area contributed by atoms with E-state index < -0.39 is 11.6 Å². The van der Waals surface area contributed by atoms with Gasteiger partial charge in [-0.1, -0.05) is 6.92 Å². The number of methoxy groups -OCH3 is 1. The summed E-state index contributed by atoms with van der Waals surface area (Å²) >= 11 is 0. The van der Waals surface area contributed by atoms with Gasteiger partial charge in [-0.05, 0) is 13.3 Å². The lowest BCUT2D eigenvalue weighted by Crippen LogP contribution is -2.62. The first-order valence-electron chi connectivity index (χ1n) is 5.89. The lowest BCUT2D eigenvalue weighted by molar-refractivity contribution is 0.00802. The molecule has 0 unspecified atom stereocenters. The quantitative estimate of drug-likeness (QED) is 0.790. The van der Waals surface area contributed by atoms with Gasteiger partial charge in [-0.25, -0.2) is 14.8 Å². The molecule has 0 radical (unpaired) electrons. The van der Waals surface area contributed by atoms with Crippen molar-refractivity contribution in [3.05, 3.63) is 17.6 Å². The molecule has 6 nitrogen and oxygen atoms in total. The van der Waals surface area contributed by atoms with Crippen molar-refractivity contribution in [1.29, 1.82) is 0 Å². The monoisotopic (exact) mass is 251 g/mol. The van der Waals surface area contributed by atoms with Crippen LogP contribution in [0.2, 0.25) is 0 Å². The number of aryl methyl sites for hydroxylation is 1. The van der Waals surface area contributed by atoms with Gasteiger partial charge < -0.3 is 14.7 Å². The van der Waals surface area contributed by atoms with Gasteiger partial charge in [-0.15, -0.1) is 0 Å². The zero-order chi connectivity index (χ0) is 13.3. The third-order valence-electron chi connectivity index (χ3n) is 3.16. The van der Waals surface area contributed by atoms with Crippen molar-refractivity contribution in [2.24, 2.45) is 0 Å². The predicted molar refractivity (Wildman–Crippen MR) is 65.6 cm³/mol. The maximum atomic E-state index is 11.4. The number of carbonyl (C=O) groups excluding carboxylic acids is 1. The van der Waals surface area contributed by atoms with E-state index >= 15 is 0 Å². The van der Waals surface area contributed by atoms with Crippen LogP contribution in [0, 0.1) is 6.92 Å². The van der Waals surface area contributed by atoms with Gasteiger partial charge in [0.05, 0.1) is 12.7 Å². The number of carbonyl (C=O) groups is 1. The molecule has 2 heterocycles. The number of esters is 1. The lowest BCUT2D eigenvalue weighted by Gasteiger charge is -2.46. The van der Waals surface area contributed by atoms with Crippen molar-refractivity contribution in [1.82, 2.24) is 9.97 Å². The fourth-order valence-electron chi connectivity index (χ4n) is 1.95. The molecule has 0 atom stereocenters. The number of hydrogen-bond acceptors (Lipinski definition) is 6. The van der Waals surface area contributed by atoms with E-state index in [9.17, 15) is 9.90 Å². The topological polar surface area (TPSA) is 75.5 Å². The highest BCUT2D eigenvalue weighted by Crippen LogP contribution is 2.28. The summed E-state index contributed by atoms with van der Waals surface area (Å²) in [5.41, 5.74) is 0.0666. The Bertz CT molecular complexity index is 470. The lowest BCUT2D eigenvalue weighted by atomic mass is 9.91. The number of hydrogen-bond donors (Lipinski definition) is 1. The summed E-state index contributed by atoms with van der Waals surface area (Å²) in [6.07, 6.45) is 0.706. The van der Waals surface area contributed by atoms with Crippen LogP contribution in [-0.2, 0) is 4.74 Å². The Morgan fingerprint density at radius 1 is 1.56 bits per heavy atom. The van der Waals surface area contributed by atoms with Gasteiger partial charge in [-0.2, -0.15) is 0 Å². The van der Waals surface area contributed by atoms with Crippen LogP contribution >= 0.6 is 0 Å². The predicted octanol–water partition coefficient (Wildman–Crippen LogP) is 0.533. The van der Waals surface area contributed by atoms with Gasteiger partial charge in [0, 0.05) is 24.8 Å². The van der Waals surface area contributed by atoms with Crippen LogP contribution in [0.25, 0.3) is 0 Å². The van der Waals surface area contributed by atoms with Crippen LogP contribution in [0.15, 0.2) is 6.07 Å². The first-order valence-corrected chi connectivity index (χ1v) is 5.89. The summed E-state index contributed by atoms with van der Waals surface area (Å²) < 4.78 is 4.61. The van der Waals surface area contributed by atoms with Crippen molar-refractivity contribution in [2.75, 3.05) is 25.1 Å².